The minimum Gasteiger partial charge on any atom is -0.342 e. The molecule has 0 radical (unpaired) electrons. The molecule has 3 nitrogen and oxygen atoms in total. The second-order valence-corrected chi connectivity index (χ2v) is 3.06. The van der Waals surface area contributed by atoms with Crippen LogP contribution in [0, 0.1) is 3.57 Å². The number of nitrogens with zero attached hydrogens (tertiary/aromatic N) is 2. The molecule has 0 atom stereocenters. The van der Waals surface area contributed by atoms with Gasteiger partial charge in [-0.1, -0.05) is 0 Å². The van der Waals surface area contributed by atoms with Crippen molar-refractivity contribution < 1.29 is 0 Å². The third kappa shape index (κ3) is 0.792. The molecule has 2 aromatic heterocycles. The monoisotopic (exact) mass is 245 g/mol. The van der Waals surface area contributed by atoms with Crippen LogP contribution in [0.2, 0.25) is 0 Å². The summed E-state index contributed by atoms with van der Waals surface area (Å²) >= 11 is 2.24. The van der Waals surface area contributed by atoms with Gasteiger partial charge in [-0.3, -0.25) is 0 Å². The van der Waals surface area contributed by atoms with Crippen molar-refractivity contribution in [1.82, 2.24) is 15.0 Å². The van der Waals surface area contributed by atoms with E-state index in [-0.39, 0.29) is 0 Å². The summed E-state index contributed by atoms with van der Waals surface area (Å²) in [6, 6.07) is 1.95. The molecule has 2 rings (SSSR count). The summed E-state index contributed by atoms with van der Waals surface area (Å²) in [5.41, 5.74) is 1.80. The lowest BCUT2D eigenvalue weighted by atomic mass is 10.4. The molecule has 0 aliphatic carbocycles. The fourth-order valence-electron chi connectivity index (χ4n) is 0.817. The lowest BCUT2D eigenvalue weighted by Gasteiger charge is -1.88. The van der Waals surface area contributed by atoms with Gasteiger partial charge in [0, 0.05) is 9.77 Å². The Hall–Kier alpha value is -0.650. The summed E-state index contributed by atoms with van der Waals surface area (Å²) in [4.78, 5) is 11.1. The molecule has 0 aromatic carbocycles. The van der Waals surface area contributed by atoms with Crippen LogP contribution in [0.4, 0.5) is 0 Å². The number of pyridine rings is 1. The molecular weight excluding hydrogens is 241 g/mol. The second kappa shape index (κ2) is 2.19. The van der Waals surface area contributed by atoms with Crippen molar-refractivity contribution >= 4 is 33.8 Å². The molecule has 4 heteroatoms. The number of aromatic nitrogens is 3. The summed E-state index contributed by atoms with van der Waals surface area (Å²) in [5, 5.41) is 0. The zero-order valence-electron chi connectivity index (χ0n) is 5.00. The van der Waals surface area contributed by atoms with Crippen molar-refractivity contribution in [1.29, 1.82) is 0 Å². The molecular formula is C6H4IN3. The van der Waals surface area contributed by atoms with E-state index in [1.165, 1.54) is 0 Å². The van der Waals surface area contributed by atoms with Crippen molar-refractivity contribution in [2.24, 2.45) is 0 Å². The average Bonchev–Trinajstić information content (AvgIpc) is 2.36. The Bertz CT molecular complexity index is 355. The first-order valence-corrected chi connectivity index (χ1v) is 3.89. The van der Waals surface area contributed by atoms with Crippen molar-refractivity contribution in [3.8, 4) is 0 Å². The maximum absolute atomic E-state index is 4.05. The van der Waals surface area contributed by atoms with Crippen LogP contribution < -0.4 is 0 Å². The Labute approximate surface area is 71.0 Å². The topological polar surface area (TPSA) is 41.6 Å². The first-order valence-electron chi connectivity index (χ1n) is 2.81. The highest BCUT2D eigenvalue weighted by Crippen LogP contribution is 2.13. The van der Waals surface area contributed by atoms with E-state index in [0.717, 1.165) is 14.7 Å². The van der Waals surface area contributed by atoms with Gasteiger partial charge >= 0.3 is 0 Å². The second-order valence-electron chi connectivity index (χ2n) is 1.89. The fraction of sp³-hybridized carbons (Fsp3) is 0. The van der Waals surface area contributed by atoms with E-state index in [9.17, 15) is 0 Å². The number of hydrogen-bond acceptors (Lipinski definition) is 2. The van der Waals surface area contributed by atoms with Gasteiger partial charge in [-0.2, -0.15) is 0 Å². The summed E-state index contributed by atoms with van der Waals surface area (Å²) in [6.45, 7) is 0. The number of aromatic amines is 1. The Morgan fingerprint density at radius 2 is 2.30 bits per heavy atom. The number of fused-ring (bicyclic) bond motifs is 1. The van der Waals surface area contributed by atoms with E-state index in [1.807, 2.05) is 6.07 Å². The molecule has 10 heavy (non-hydrogen) atoms. The highest BCUT2D eigenvalue weighted by molar-refractivity contribution is 14.1. The van der Waals surface area contributed by atoms with E-state index in [1.54, 1.807) is 12.5 Å². The zero-order chi connectivity index (χ0) is 6.97. The Morgan fingerprint density at radius 1 is 1.40 bits per heavy atom. The van der Waals surface area contributed by atoms with Gasteiger partial charge in [0.2, 0.25) is 0 Å². The van der Waals surface area contributed by atoms with Crippen LogP contribution in [0.3, 0.4) is 0 Å². The number of rotatable bonds is 0. The quantitative estimate of drug-likeness (QED) is 0.715. The molecule has 0 spiro atoms. The third-order valence-electron chi connectivity index (χ3n) is 1.28. The molecule has 0 saturated carbocycles. The Morgan fingerprint density at radius 3 is 3.10 bits per heavy atom. The molecule has 0 bridgehead atoms. The summed E-state index contributed by atoms with van der Waals surface area (Å²) < 4.78 is 1.15. The highest BCUT2D eigenvalue weighted by Gasteiger charge is 1.98. The highest BCUT2D eigenvalue weighted by atomic mass is 127. The van der Waals surface area contributed by atoms with Crippen LogP contribution in [0.25, 0.3) is 11.2 Å². The average molecular weight is 245 g/mol. The molecule has 2 heterocycles. The number of halogens is 1. The van der Waals surface area contributed by atoms with Gasteiger partial charge in [-0.25, -0.2) is 9.97 Å². The summed E-state index contributed by atoms with van der Waals surface area (Å²) in [7, 11) is 0. The number of hydrogen-bond donors (Lipinski definition) is 1. The van der Waals surface area contributed by atoms with Gasteiger partial charge in [0.25, 0.3) is 0 Å². The first kappa shape index (κ1) is 6.09. The molecule has 50 valence electrons. The SMILES string of the molecule is Ic1ccnc2nc[nH]c12. The summed E-state index contributed by atoms with van der Waals surface area (Å²) in [6.07, 6.45) is 3.41. The number of nitrogens with one attached hydrogen (secondary N) is 1. The maximum Gasteiger partial charge on any atom is 0.178 e. The minimum absolute atomic E-state index is 0.784. The summed E-state index contributed by atoms with van der Waals surface area (Å²) in [5.74, 6) is 0. The van der Waals surface area contributed by atoms with Gasteiger partial charge in [0.05, 0.1) is 11.8 Å². The molecule has 0 aliphatic heterocycles. The van der Waals surface area contributed by atoms with Crippen LogP contribution in [-0.2, 0) is 0 Å². The van der Waals surface area contributed by atoms with Crippen molar-refractivity contribution in [3.05, 3.63) is 22.2 Å². The van der Waals surface area contributed by atoms with Gasteiger partial charge < -0.3 is 4.98 Å². The van der Waals surface area contributed by atoms with E-state index >= 15 is 0 Å². The maximum atomic E-state index is 4.05. The molecule has 0 amide bonds. The number of H-pyrrole nitrogens is 1. The van der Waals surface area contributed by atoms with Crippen LogP contribution >= 0.6 is 22.6 Å². The largest absolute Gasteiger partial charge is 0.342 e. The van der Waals surface area contributed by atoms with Crippen LogP contribution in [0.1, 0.15) is 0 Å². The van der Waals surface area contributed by atoms with Crippen LogP contribution in [0.15, 0.2) is 18.6 Å². The zero-order valence-corrected chi connectivity index (χ0v) is 7.16. The Kier molecular flexibility index (Phi) is 1.33. The molecule has 1 N–H and O–H groups in total. The molecule has 0 fully saturated rings. The molecule has 0 saturated heterocycles. The van der Waals surface area contributed by atoms with Crippen LogP contribution in [-0.4, -0.2) is 15.0 Å². The molecule has 0 aliphatic rings. The smallest absolute Gasteiger partial charge is 0.178 e. The predicted molar refractivity (Wildman–Crippen MR) is 46.6 cm³/mol. The lowest BCUT2D eigenvalue weighted by Crippen LogP contribution is -1.78. The van der Waals surface area contributed by atoms with Gasteiger partial charge in [0.1, 0.15) is 0 Å². The minimum atomic E-state index is 0.784. The van der Waals surface area contributed by atoms with E-state index < -0.39 is 0 Å². The van der Waals surface area contributed by atoms with Crippen LogP contribution in [0.5, 0.6) is 0 Å². The predicted octanol–water partition coefficient (Wildman–Crippen LogP) is 1.56. The van der Waals surface area contributed by atoms with Gasteiger partial charge in [0.15, 0.2) is 5.65 Å². The van der Waals surface area contributed by atoms with Crippen molar-refractivity contribution in [2.45, 2.75) is 0 Å². The third-order valence-corrected chi connectivity index (χ3v) is 2.17. The fourth-order valence-corrected chi connectivity index (χ4v) is 1.38. The molecule has 2 aromatic rings. The van der Waals surface area contributed by atoms with E-state index in [4.69, 9.17) is 0 Å². The van der Waals surface area contributed by atoms with E-state index in [2.05, 4.69) is 37.5 Å². The van der Waals surface area contributed by atoms with Gasteiger partial charge in [-0.05, 0) is 28.7 Å². The normalized spacial score (nSPS) is 10.5. The first-order chi connectivity index (χ1) is 4.88. The van der Waals surface area contributed by atoms with Crippen molar-refractivity contribution in [3.63, 3.8) is 0 Å². The lowest BCUT2D eigenvalue weighted by molar-refractivity contribution is 1.30. The van der Waals surface area contributed by atoms with Crippen molar-refractivity contribution in [2.75, 3.05) is 0 Å². The standard InChI is InChI=1S/C6H4IN3/c7-4-1-2-8-6-5(4)9-3-10-6/h1-3H,(H,8,9,10). The molecule has 0 unspecified atom stereocenters. The van der Waals surface area contributed by atoms with E-state index in [0.29, 0.717) is 0 Å². The number of imidazole rings is 1. The van der Waals surface area contributed by atoms with Gasteiger partial charge in [-0.15, -0.1) is 0 Å². The Balaban J connectivity index is 2.95.